The second-order valence-corrected chi connectivity index (χ2v) is 8.86. The number of nitrogens with one attached hydrogen (secondary N) is 2. The highest BCUT2D eigenvalue weighted by Crippen LogP contribution is 2.24. The summed E-state index contributed by atoms with van der Waals surface area (Å²) < 4.78 is 5.66. The molecule has 4 aromatic rings. The van der Waals surface area contributed by atoms with E-state index in [9.17, 15) is 10.1 Å². The summed E-state index contributed by atoms with van der Waals surface area (Å²) in [6.07, 6.45) is 1.77. The lowest BCUT2D eigenvalue weighted by Gasteiger charge is -2.14. The molecular formula is C29H28N4O2. The number of para-hydroxylation sites is 1. The number of nitrogens with zero attached hydrogens (tertiary/aromatic N) is 2. The first-order valence-corrected chi connectivity index (χ1v) is 11.5. The molecule has 1 aromatic heterocycles. The molecule has 1 heterocycles. The summed E-state index contributed by atoms with van der Waals surface area (Å²) in [5.74, 6) is 1.19. The number of nitriles is 1. The Morgan fingerprint density at radius 2 is 1.83 bits per heavy atom. The van der Waals surface area contributed by atoms with Crippen LogP contribution in [0.5, 0.6) is 5.75 Å². The topological polar surface area (TPSA) is 90.8 Å². The van der Waals surface area contributed by atoms with E-state index in [1.54, 1.807) is 18.2 Å². The second kappa shape index (κ2) is 10.3. The fourth-order valence-electron chi connectivity index (χ4n) is 3.83. The first kappa shape index (κ1) is 23.8. The first-order chi connectivity index (χ1) is 16.8. The van der Waals surface area contributed by atoms with Crippen LogP contribution in [0.1, 0.15) is 47.8 Å². The van der Waals surface area contributed by atoms with Crippen LogP contribution in [-0.4, -0.2) is 22.5 Å². The van der Waals surface area contributed by atoms with Crippen LogP contribution in [-0.2, 0) is 4.79 Å². The van der Waals surface area contributed by atoms with Crippen molar-refractivity contribution in [2.24, 2.45) is 0 Å². The fraction of sp³-hybridized carbons (Fsp3) is 0.207. The van der Waals surface area contributed by atoms with E-state index in [1.807, 2.05) is 62.4 Å². The van der Waals surface area contributed by atoms with E-state index in [0.29, 0.717) is 23.1 Å². The van der Waals surface area contributed by atoms with Crippen molar-refractivity contribution in [3.63, 3.8) is 0 Å². The van der Waals surface area contributed by atoms with Crippen LogP contribution < -0.4 is 10.1 Å². The molecule has 3 aromatic carbocycles. The summed E-state index contributed by atoms with van der Waals surface area (Å²) >= 11 is 0. The molecule has 0 atom stereocenters. The second-order valence-electron chi connectivity index (χ2n) is 8.86. The average Bonchev–Trinajstić information content (AvgIpc) is 3.24. The van der Waals surface area contributed by atoms with E-state index >= 15 is 0 Å². The molecule has 0 radical (unpaired) electrons. The predicted molar refractivity (Wildman–Crippen MR) is 140 cm³/mol. The van der Waals surface area contributed by atoms with Crippen LogP contribution in [0, 0.1) is 25.2 Å². The van der Waals surface area contributed by atoms with Gasteiger partial charge in [-0.25, -0.2) is 4.98 Å². The molecule has 0 aliphatic carbocycles. The van der Waals surface area contributed by atoms with Crippen LogP contribution in [0.3, 0.4) is 0 Å². The summed E-state index contributed by atoms with van der Waals surface area (Å²) in [4.78, 5) is 20.2. The molecule has 4 rings (SSSR count). The van der Waals surface area contributed by atoms with E-state index < -0.39 is 0 Å². The van der Waals surface area contributed by atoms with Gasteiger partial charge in [-0.15, -0.1) is 0 Å². The van der Waals surface area contributed by atoms with Crippen LogP contribution in [0.4, 0.5) is 5.69 Å². The van der Waals surface area contributed by atoms with Gasteiger partial charge in [-0.1, -0.05) is 44.2 Å². The zero-order chi connectivity index (χ0) is 24.9. The number of amides is 1. The Morgan fingerprint density at radius 3 is 2.54 bits per heavy atom. The number of H-pyrrole nitrogens is 1. The molecule has 0 unspecified atom stereocenters. The largest absolute Gasteiger partial charge is 0.484 e. The lowest BCUT2D eigenvalue weighted by molar-refractivity contribution is -0.118. The minimum Gasteiger partial charge on any atom is -0.484 e. The maximum atomic E-state index is 12.4. The Morgan fingerprint density at radius 1 is 1.11 bits per heavy atom. The minimum atomic E-state index is -0.218. The zero-order valence-corrected chi connectivity index (χ0v) is 20.3. The summed E-state index contributed by atoms with van der Waals surface area (Å²) in [7, 11) is 0. The first-order valence-electron chi connectivity index (χ1n) is 11.5. The van der Waals surface area contributed by atoms with E-state index in [-0.39, 0.29) is 12.5 Å². The highest BCUT2D eigenvalue weighted by atomic mass is 16.5. The Bertz CT molecular complexity index is 1400. The number of imidazole rings is 1. The quantitative estimate of drug-likeness (QED) is 0.310. The summed E-state index contributed by atoms with van der Waals surface area (Å²) in [5, 5.41) is 12.6. The number of aromatic amines is 1. The van der Waals surface area contributed by atoms with Gasteiger partial charge in [-0.3, -0.25) is 4.79 Å². The maximum absolute atomic E-state index is 12.4. The van der Waals surface area contributed by atoms with Gasteiger partial charge in [0, 0.05) is 5.69 Å². The van der Waals surface area contributed by atoms with E-state index in [1.165, 1.54) is 5.56 Å². The van der Waals surface area contributed by atoms with E-state index in [2.05, 4.69) is 35.2 Å². The van der Waals surface area contributed by atoms with Gasteiger partial charge in [0.1, 0.15) is 17.6 Å². The lowest BCUT2D eigenvalue weighted by atomic mass is 10.0. The fourth-order valence-corrected chi connectivity index (χ4v) is 3.83. The molecule has 0 bridgehead atoms. The standard InChI is InChI=1S/C29H28N4O2/c1-18(2)24-7-5-6-8-25(24)31-28(34)17-35-23-11-9-21(10-12-23)15-22(16-30)29-32-26-13-19(3)20(4)14-27(26)33-29/h5-15,18H,17H2,1-4H3,(H,31,34)(H,32,33)/b22-15+. The number of fused-ring (bicyclic) bond motifs is 1. The molecule has 0 aliphatic heterocycles. The van der Waals surface area contributed by atoms with Gasteiger partial charge in [0.2, 0.25) is 0 Å². The van der Waals surface area contributed by atoms with Gasteiger partial charge in [-0.05, 0) is 78.4 Å². The van der Waals surface area contributed by atoms with Crippen molar-refractivity contribution in [1.82, 2.24) is 9.97 Å². The van der Waals surface area contributed by atoms with E-state index in [4.69, 9.17) is 4.74 Å². The Labute approximate surface area is 205 Å². The molecule has 0 saturated carbocycles. The number of benzene rings is 3. The SMILES string of the molecule is Cc1cc2nc(/C(C#N)=C/c3ccc(OCC(=O)Nc4ccccc4C(C)C)cc3)[nH]c2cc1C. The Balaban J connectivity index is 1.42. The molecule has 0 spiro atoms. The predicted octanol–water partition coefficient (Wildman–Crippen LogP) is 6.38. The number of ether oxygens (including phenoxy) is 1. The van der Waals surface area contributed by atoms with Crippen molar-refractivity contribution in [2.45, 2.75) is 33.6 Å². The molecule has 0 aliphatic rings. The molecule has 176 valence electrons. The Hall–Kier alpha value is -4.37. The van der Waals surface area contributed by atoms with Gasteiger partial charge in [-0.2, -0.15) is 5.26 Å². The molecule has 0 saturated heterocycles. The van der Waals surface area contributed by atoms with Crippen molar-refractivity contribution in [3.8, 4) is 11.8 Å². The molecule has 2 N–H and O–H groups in total. The third-order valence-electron chi connectivity index (χ3n) is 5.89. The number of hydrogen-bond donors (Lipinski definition) is 2. The smallest absolute Gasteiger partial charge is 0.262 e. The van der Waals surface area contributed by atoms with Crippen molar-refractivity contribution in [1.29, 1.82) is 5.26 Å². The third kappa shape index (κ3) is 5.59. The van der Waals surface area contributed by atoms with Crippen molar-refractivity contribution < 1.29 is 9.53 Å². The van der Waals surface area contributed by atoms with Gasteiger partial charge >= 0.3 is 0 Å². The normalized spacial score (nSPS) is 11.5. The number of aryl methyl sites for hydroxylation is 2. The van der Waals surface area contributed by atoms with Crippen LogP contribution in [0.15, 0.2) is 60.7 Å². The molecular weight excluding hydrogens is 436 g/mol. The number of aromatic nitrogens is 2. The lowest BCUT2D eigenvalue weighted by Crippen LogP contribution is -2.21. The molecule has 1 amide bonds. The van der Waals surface area contributed by atoms with Crippen LogP contribution in [0.25, 0.3) is 22.7 Å². The molecule has 6 nitrogen and oxygen atoms in total. The van der Waals surface area contributed by atoms with Gasteiger partial charge in [0.15, 0.2) is 6.61 Å². The summed E-state index contributed by atoms with van der Waals surface area (Å²) in [6, 6.07) is 21.3. The number of carbonyl (C=O) groups is 1. The molecule has 35 heavy (non-hydrogen) atoms. The van der Waals surface area contributed by atoms with Crippen molar-refractivity contribution in [3.05, 3.63) is 88.7 Å². The number of allylic oxidation sites excluding steroid dienone is 1. The highest BCUT2D eigenvalue weighted by molar-refractivity contribution is 5.93. The van der Waals surface area contributed by atoms with Crippen LogP contribution >= 0.6 is 0 Å². The minimum absolute atomic E-state index is 0.0944. The number of carbonyl (C=O) groups excluding carboxylic acids is 1. The Kier molecular flexibility index (Phi) is 6.98. The van der Waals surface area contributed by atoms with Gasteiger partial charge in [0.25, 0.3) is 5.91 Å². The number of hydrogen-bond acceptors (Lipinski definition) is 4. The van der Waals surface area contributed by atoms with E-state index in [0.717, 1.165) is 33.4 Å². The van der Waals surface area contributed by atoms with Gasteiger partial charge < -0.3 is 15.0 Å². The highest BCUT2D eigenvalue weighted by Gasteiger charge is 2.11. The van der Waals surface area contributed by atoms with Gasteiger partial charge in [0.05, 0.1) is 16.6 Å². The zero-order valence-electron chi connectivity index (χ0n) is 20.3. The van der Waals surface area contributed by atoms with Crippen molar-refractivity contribution in [2.75, 3.05) is 11.9 Å². The monoisotopic (exact) mass is 464 g/mol. The number of rotatable bonds is 7. The summed E-state index contributed by atoms with van der Waals surface area (Å²) in [5.41, 5.74) is 7.22. The third-order valence-corrected chi connectivity index (χ3v) is 5.89. The summed E-state index contributed by atoms with van der Waals surface area (Å²) in [6.45, 7) is 8.18. The number of anilines is 1. The molecule has 6 heteroatoms. The van der Waals surface area contributed by atoms with Crippen LogP contribution in [0.2, 0.25) is 0 Å². The average molecular weight is 465 g/mol. The molecule has 0 fully saturated rings. The van der Waals surface area contributed by atoms with Crippen molar-refractivity contribution >= 4 is 34.3 Å². The maximum Gasteiger partial charge on any atom is 0.262 e.